The maximum atomic E-state index is 10.5. The maximum absolute atomic E-state index is 10.5. The van der Waals surface area contributed by atoms with Gasteiger partial charge in [0.1, 0.15) is 5.76 Å². The van der Waals surface area contributed by atoms with Crippen LogP contribution in [0.15, 0.2) is 28.7 Å². The highest BCUT2D eigenvalue weighted by Crippen LogP contribution is 2.35. The molecule has 0 aliphatic rings. The minimum Gasteiger partial charge on any atom is -0.453 e. The summed E-state index contributed by atoms with van der Waals surface area (Å²) in [6.07, 6.45) is 0.628. The summed E-state index contributed by atoms with van der Waals surface area (Å²) >= 11 is 17.6. The van der Waals surface area contributed by atoms with E-state index in [1.807, 2.05) is 0 Å². The van der Waals surface area contributed by atoms with E-state index in [1.54, 1.807) is 24.3 Å². The standard InChI is InChI=1S/C11H5Cl3O2/c12-8-3-6(4-9(13)11(8)14)10-2-1-7(5-15)16-10/h1-5H. The molecule has 1 aromatic carbocycles. The highest BCUT2D eigenvalue weighted by Gasteiger charge is 2.10. The molecule has 0 unspecified atom stereocenters. The molecule has 0 spiro atoms. The molecule has 0 saturated heterocycles. The van der Waals surface area contributed by atoms with E-state index in [4.69, 9.17) is 39.2 Å². The second-order valence-electron chi connectivity index (χ2n) is 3.07. The van der Waals surface area contributed by atoms with Gasteiger partial charge in [-0.25, -0.2) is 0 Å². The van der Waals surface area contributed by atoms with Crippen LogP contribution in [0.2, 0.25) is 15.1 Å². The van der Waals surface area contributed by atoms with Crippen molar-refractivity contribution in [2.75, 3.05) is 0 Å². The Balaban J connectivity index is 2.52. The summed E-state index contributed by atoms with van der Waals surface area (Å²) < 4.78 is 5.24. The Bertz CT molecular complexity index is 523. The molecule has 0 amide bonds. The fraction of sp³-hybridized carbons (Fsp3) is 0. The SMILES string of the molecule is O=Cc1ccc(-c2cc(Cl)c(Cl)c(Cl)c2)o1. The molecule has 0 bridgehead atoms. The fourth-order valence-corrected chi connectivity index (χ4v) is 1.87. The molecule has 0 saturated carbocycles. The molecule has 16 heavy (non-hydrogen) atoms. The van der Waals surface area contributed by atoms with Crippen molar-refractivity contribution in [2.45, 2.75) is 0 Å². The summed E-state index contributed by atoms with van der Waals surface area (Å²) in [5, 5.41) is 0.982. The molecule has 0 atom stereocenters. The number of halogens is 3. The first kappa shape index (κ1) is 11.5. The van der Waals surface area contributed by atoms with Crippen LogP contribution >= 0.6 is 34.8 Å². The van der Waals surface area contributed by atoms with E-state index in [1.165, 1.54) is 0 Å². The van der Waals surface area contributed by atoms with E-state index in [0.29, 0.717) is 32.7 Å². The van der Waals surface area contributed by atoms with Crippen molar-refractivity contribution < 1.29 is 9.21 Å². The Morgan fingerprint density at radius 1 is 1.06 bits per heavy atom. The quantitative estimate of drug-likeness (QED) is 0.586. The van der Waals surface area contributed by atoms with Crippen LogP contribution in [0.3, 0.4) is 0 Å². The van der Waals surface area contributed by atoms with Crippen LogP contribution in [0.4, 0.5) is 0 Å². The topological polar surface area (TPSA) is 30.2 Å². The van der Waals surface area contributed by atoms with Gasteiger partial charge in [0.2, 0.25) is 0 Å². The third-order valence-corrected chi connectivity index (χ3v) is 3.21. The lowest BCUT2D eigenvalue weighted by Gasteiger charge is -2.02. The summed E-state index contributed by atoms with van der Waals surface area (Å²) in [4.78, 5) is 10.5. The van der Waals surface area contributed by atoms with Gasteiger partial charge in [-0.1, -0.05) is 34.8 Å². The van der Waals surface area contributed by atoms with Gasteiger partial charge in [-0.15, -0.1) is 0 Å². The van der Waals surface area contributed by atoms with Gasteiger partial charge in [0.05, 0.1) is 15.1 Å². The van der Waals surface area contributed by atoms with Gasteiger partial charge in [-0.2, -0.15) is 0 Å². The Labute approximate surface area is 107 Å². The Hall–Kier alpha value is -0.960. The normalized spacial score (nSPS) is 10.4. The molecule has 82 valence electrons. The van der Waals surface area contributed by atoms with Gasteiger partial charge in [0, 0.05) is 5.56 Å². The number of furan rings is 1. The van der Waals surface area contributed by atoms with Gasteiger partial charge in [-0.05, 0) is 24.3 Å². The third-order valence-electron chi connectivity index (χ3n) is 2.01. The Kier molecular flexibility index (Phi) is 3.24. The van der Waals surface area contributed by atoms with Crippen LogP contribution in [-0.4, -0.2) is 6.29 Å². The summed E-state index contributed by atoms with van der Waals surface area (Å²) in [5.74, 6) is 0.764. The zero-order valence-corrected chi connectivity index (χ0v) is 10.1. The first-order valence-electron chi connectivity index (χ1n) is 4.31. The Morgan fingerprint density at radius 2 is 1.69 bits per heavy atom. The molecular weight excluding hydrogens is 270 g/mol. The summed E-state index contributed by atoms with van der Waals surface area (Å²) in [5.41, 5.74) is 0.674. The van der Waals surface area contributed by atoms with Crippen molar-refractivity contribution in [3.05, 3.63) is 45.1 Å². The first-order chi connectivity index (χ1) is 7.61. The highest BCUT2D eigenvalue weighted by molar-refractivity contribution is 6.48. The van der Waals surface area contributed by atoms with Crippen molar-refractivity contribution in [1.82, 2.24) is 0 Å². The molecule has 0 fully saturated rings. The smallest absolute Gasteiger partial charge is 0.185 e. The molecule has 1 heterocycles. The van der Waals surface area contributed by atoms with E-state index >= 15 is 0 Å². The lowest BCUT2D eigenvalue weighted by atomic mass is 10.2. The van der Waals surface area contributed by atoms with Crippen molar-refractivity contribution in [2.24, 2.45) is 0 Å². The second-order valence-corrected chi connectivity index (χ2v) is 4.27. The molecule has 5 heteroatoms. The molecule has 0 aliphatic carbocycles. The average Bonchev–Trinajstić information content (AvgIpc) is 2.73. The third kappa shape index (κ3) is 2.09. The number of aldehydes is 1. The van der Waals surface area contributed by atoms with Crippen LogP contribution < -0.4 is 0 Å². The molecule has 1 aromatic heterocycles. The van der Waals surface area contributed by atoms with Crippen molar-refractivity contribution in [3.63, 3.8) is 0 Å². The summed E-state index contributed by atoms with van der Waals surface area (Å²) in [6, 6.07) is 6.49. The minimum absolute atomic E-state index is 0.247. The van der Waals surface area contributed by atoms with Crippen LogP contribution in [-0.2, 0) is 0 Å². The van der Waals surface area contributed by atoms with Gasteiger partial charge in [0.25, 0.3) is 0 Å². The van der Waals surface area contributed by atoms with Crippen molar-refractivity contribution >= 4 is 41.1 Å². The molecule has 0 aliphatic heterocycles. The predicted molar refractivity (Wildman–Crippen MR) is 64.6 cm³/mol. The van der Waals surface area contributed by atoms with Crippen LogP contribution in [0.1, 0.15) is 10.6 Å². The molecule has 2 rings (SSSR count). The lowest BCUT2D eigenvalue weighted by molar-refractivity contribution is 0.110. The number of rotatable bonds is 2. The van der Waals surface area contributed by atoms with E-state index in [0.717, 1.165) is 0 Å². The van der Waals surface area contributed by atoms with Crippen molar-refractivity contribution in [3.8, 4) is 11.3 Å². The summed E-state index contributed by atoms with van der Waals surface area (Å²) in [7, 11) is 0. The number of hydrogen-bond acceptors (Lipinski definition) is 2. The molecule has 2 nitrogen and oxygen atoms in total. The number of benzene rings is 1. The Morgan fingerprint density at radius 3 is 2.19 bits per heavy atom. The molecule has 0 radical (unpaired) electrons. The monoisotopic (exact) mass is 274 g/mol. The van der Waals surface area contributed by atoms with Gasteiger partial charge in [0.15, 0.2) is 12.0 Å². The molecular formula is C11H5Cl3O2. The van der Waals surface area contributed by atoms with E-state index in [2.05, 4.69) is 0 Å². The van der Waals surface area contributed by atoms with E-state index in [-0.39, 0.29) is 5.76 Å². The van der Waals surface area contributed by atoms with Gasteiger partial charge < -0.3 is 4.42 Å². The van der Waals surface area contributed by atoms with Crippen LogP contribution in [0.5, 0.6) is 0 Å². The molecule has 2 aromatic rings. The van der Waals surface area contributed by atoms with Crippen LogP contribution in [0.25, 0.3) is 11.3 Å². The summed E-state index contributed by atoms with van der Waals surface area (Å²) in [6.45, 7) is 0. The van der Waals surface area contributed by atoms with E-state index < -0.39 is 0 Å². The van der Waals surface area contributed by atoms with Crippen molar-refractivity contribution in [1.29, 1.82) is 0 Å². The highest BCUT2D eigenvalue weighted by atomic mass is 35.5. The fourth-order valence-electron chi connectivity index (χ4n) is 1.27. The first-order valence-corrected chi connectivity index (χ1v) is 5.45. The van der Waals surface area contributed by atoms with Gasteiger partial charge >= 0.3 is 0 Å². The second kappa shape index (κ2) is 4.50. The number of carbonyl (C=O) groups excluding carboxylic acids is 1. The van der Waals surface area contributed by atoms with Crippen LogP contribution in [0, 0.1) is 0 Å². The average molecular weight is 276 g/mol. The maximum Gasteiger partial charge on any atom is 0.185 e. The predicted octanol–water partition coefficient (Wildman–Crippen LogP) is 4.72. The minimum atomic E-state index is 0.247. The zero-order chi connectivity index (χ0) is 11.7. The van der Waals surface area contributed by atoms with E-state index in [9.17, 15) is 4.79 Å². The zero-order valence-electron chi connectivity index (χ0n) is 7.84. The van der Waals surface area contributed by atoms with Gasteiger partial charge in [-0.3, -0.25) is 4.79 Å². The number of hydrogen-bond donors (Lipinski definition) is 0. The number of carbonyl (C=O) groups is 1. The largest absolute Gasteiger partial charge is 0.453 e. The lowest BCUT2D eigenvalue weighted by Crippen LogP contribution is -1.78. The molecule has 0 N–H and O–H groups in total.